The lowest BCUT2D eigenvalue weighted by atomic mass is 10.0. The van der Waals surface area contributed by atoms with E-state index in [1.807, 2.05) is 0 Å². The molecule has 1 saturated heterocycles. The van der Waals surface area contributed by atoms with Crippen LogP contribution in [0.2, 0.25) is 0 Å². The van der Waals surface area contributed by atoms with Gasteiger partial charge >= 0.3 is 0 Å². The number of halogens is 1. The molecule has 0 aliphatic carbocycles. The number of fused-ring (bicyclic) bond motifs is 1. The molecule has 37 heavy (non-hydrogen) atoms. The Kier molecular flexibility index (Phi) is 7.47. The van der Waals surface area contributed by atoms with Gasteiger partial charge in [-0.1, -0.05) is 18.7 Å². The molecule has 3 heterocycles. The Morgan fingerprint density at radius 3 is 2.76 bits per heavy atom. The molecule has 1 aromatic carbocycles. The highest BCUT2D eigenvalue weighted by molar-refractivity contribution is 6.05. The summed E-state index contributed by atoms with van der Waals surface area (Å²) in [6.45, 7) is 3.04. The number of carbonyl (C=O) groups is 3. The summed E-state index contributed by atoms with van der Waals surface area (Å²) in [7, 11) is 1.54. The fourth-order valence-corrected chi connectivity index (χ4v) is 4.26. The number of nitrogens with one attached hydrogen (secondary N) is 1. The SMILES string of the molecule is C=C/C=C(\C=NC)NC(=O)[C@@H]1C[C@@H](F)CN1C(=O)Cn1nc(C(N)=O)c2cc(-c3ccnnc3)ccc21. The second-order valence-corrected chi connectivity index (χ2v) is 8.36. The van der Waals surface area contributed by atoms with Crippen LogP contribution >= 0.6 is 0 Å². The molecular formula is C25H25FN8O3. The van der Waals surface area contributed by atoms with E-state index in [2.05, 4.69) is 32.2 Å². The van der Waals surface area contributed by atoms with Crippen LogP contribution in [-0.4, -0.2) is 74.6 Å². The average Bonchev–Trinajstić information content (AvgIpc) is 3.45. The Morgan fingerprint density at radius 2 is 2.08 bits per heavy atom. The van der Waals surface area contributed by atoms with Crippen LogP contribution in [0.25, 0.3) is 22.0 Å². The van der Waals surface area contributed by atoms with E-state index < -0.39 is 29.9 Å². The average molecular weight is 505 g/mol. The van der Waals surface area contributed by atoms with E-state index >= 15 is 0 Å². The quantitative estimate of drug-likeness (QED) is 0.350. The first-order valence-electron chi connectivity index (χ1n) is 11.4. The van der Waals surface area contributed by atoms with Gasteiger partial charge in [-0.15, -0.1) is 0 Å². The molecule has 0 spiro atoms. The van der Waals surface area contributed by atoms with Gasteiger partial charge in [-0.05, 0) is 29.8 Å². The first-order chi connectivity index (χ1) is 17.8. The molecule has 12 heteroatoms. The molecule has 1 aliphatic heterocycles. The monoisotopic (exact) mass is 504 g/mol. The van der Waals surface area contributed by atoms with Crippen LogP contribution in [0.15, 0.2) is 66.1 Å². The first kappa shape index (κ1) is 25.4. The normalized spacial score (nSPS) is 17.9. The second kappa shape index (κ2) is 10.9. The molecule has 0 radical (unpaired) electrons. The van der Waals surface area contributed by atoms with Gasteiger partial charge in [-0.2, -0.15) is 15.3 Å². The van der Waals surface area contributed by atoms with Crippen molar-refractivity contribution in [2.75, 3.05) is 13.6 Å². The second-order valence-electron chi connectivity index (χ2n) is 8.36. The van der Waals surface area contributed by atoms with Crippen molar-refractivity contribution < 1.29 is 18.8 Å². The zero-order valence-electron chi connectivity index (χ0n) is 20.0. The summed E-state index contributed by atoms with van der Waals surface area (Å²) in [5, 5.41) is 15.0. The third-order valence-electron chi connectivity index (χ3n) is 5.89. The Balaban J connectivity index is 1.61. The largest absolute Gasteiger partial charge is 0.364 e. The van der Waals surface area contributed by atoms with E-state index in [1.54, 1.807) is 36.7 Å². The number of aromatic nitrogens is 4. The summed E-state index contributed by atoms with van der Waals surface area (Å²) in [6.07, 6.45) is 6.05. The van der Waals surface area contributed by atoms with Crippen molar-refractivity contribution in [2.24, 2.45) is 10.7 Å². The Bertz CT molecular complexity index is 1420. The third-order valence-corrected chi connectivity index (χ3v) is 5.89. The molecule has 3 amide bonds. The van der Waals surface area contributed by atoms with Gasteiger partial charge < -0.3 is 16.0 Å². The van der Waals surface area contributed by atoms with E-state index in [0.717, 1.165) is 11.1 Å². The van der Waals surface area contributed by atoms with Gasteiger partial charge in [0.1, 0.15) is 18.8 Å². The van der Waals surface area contributed by atoms with E-state index in [-0.39, 0.29) is 25.2 Å². The van der Waals surface area contributed by atoms with Gasteiger partial charge in [0.2, 0.25) is 11.8 Å². The molecule has 3 N–H and O–H groups in total. The van der Waals surface area contributed by atoms with Crippen LogP contribution in [0.5, 0.6) is 0 Å². The summed E-state index contributed by atoms with van der Waals surface area (Å²) >= 11 is 0. The number of alkyl halides is 1. The Hall–Kier alpha value is -4.74. The maximum Gasteiger partial charge on any atom is 0.269 e. The Labute approximate surface area is 211 Å². The molecule has 0 unspecified atom stereocenters. The number of primary amides is 1. The van der Waals surface area contributed by atoms with Gasteiger partial charge in [0.05, 0.1) is 30.2 Å². The number of allylic oxidation sites excluding steroid dienone is 3. The number of nitrogens with zero attached hydrogens (tertiary/aromatic N) is 6. The van der Waals surface area contributed by atoms with Crippen molar-refractivity contribution >= 4 is 34.8 Å². The molecule has 3 aromatic rings. The zero-order valence-corrected chi connectivity index (χ0v) is 20.0. The minimum Gasteiger partial charge on any atom is -0.364 e. The highest BCUT2D eigenvalue weighted by Crippen LogP contribution is 2.27. The van der Waals surface area contributed by atoms with Crippen molar-refractivity contribution in [3.05, 3.63) is 66.8 Å². The highest BCUT2D eigenvalue weighted by atomic mass is 19.1. The molecule has 4 rings (SSSR count). The van der Waals surface area contributed by atoms with Gasteiger partial charge in [-0.25, -0.2) is 4.39 Å². The number of hydrogen-bond donors (Lipinski definition) is 2. The third kappa shape index (κ3) is 5.42. The number of amides is 3. The molecule has 1 aliphatic rings. The predicted octanol–water partition coefficient (Wildman–Crippen LogP) is 1.42. The van der Waals surface area contributed by atoms with Crippen LogP contribution in [0.1, 0.15) is 16.9 Å². The number of aliphatic imine (C=N–C) groups is 1. The fraction of sp³-hybridized carbons (Fsp3) is 0.240. The molecule has 190 valence electrons. The van der Waals surface area contributed by atoms with Crippen LogP contribution in [0, 0.1) is 0 Å². The van der Waals surface area contributed by atoms with Gasteiger partial charge in [0.25, 0.3) is 5.91 Å². The number of carbonyl (C=O) groups excluding carboxylic acids is 3. The highest BCUT2D eigenvalue weighted by Gasteiger charge is 2.40. The lowest BCUT2D eigenvalue weighted by molar-refractivity contribution is -0.138. The maximum atomic E-state index is 14.4. The lowest BCUT2D eigenvalue weighted by Gasteiger charge is -2.23. The van der Waals surface area contributed by atoms with Gasteiger partial charge in [-0.3, -0.25) is 24.1 Å². The van der Waals surface area contributed by atoms with Gasteiger partial charge in [0.15, 0.2) is 5.69 Å². The van der Waals surface area contributed by atoms with E-state index in [0.29, 0.717) is 16.6 Å². The molecule has 11 nitrogen and oxygen atoms in total. The van der Waals surface area contributed by atoms with E-state index in [4.69, 9.17) is 5.73 Å². The summed E-state index contributed by atoms with van der Waals surface area (Å²) in [5.41, 5.74) is 7.92. The van der Waals surface area contributed by atoms with Crippen LogP contribution in [-0.2, 0) is 16.1 Å². The van der Waals surface area contributed by atoms with Crippen molar-refractivity contribution in [1.29, 1.82) is 0 Å². The first-order valence-corrected chi connectivity index (χ1v) is 11.4. The summed E-state index contributed by atoms with van der Waals surface area (Å²) in [6, 6.07) is 5.97. The van der Waals surface area contributed by atoms with Crippen molar-refractivity contribution in [2.45, 2.75) is 25.2 Å². The summed E-state index contributed by atoms with van der Waals surface area (Å²) in [4.78, 5) is 43.3. The molecular weight excluding hydrogens is 479 g/mol. The van der Waals surface area contributed by atoms with Gasteiger partial charge in [0, 0.05) is 30.6 Å². The number of hydrogen-bond acceptors (Lipinski definition) is 7. The van der Waals surface area contributed by atoms with Crippen LogP contribution in [0.4, 0.5) is 4.39 Å². The van der Waals surface area contributed by atoms with Crippen molar-refractivity contribution in [3.63, 3.8) is 0 Å². The molecule has 2 atom stereocenters. The van der Waals surface area contributed by atoms with Crippen LogP contribution in [0.3, 0.4) is 0 Å². The number of rotatable bonds is 8. The number of likely N-dealkylation sites (tertiary alicyclic amines) is 1. The smallest absolute Gasteiger partial charge is 0.269 e. The molecule has 1 fully saturated rings. The lowest BCUT2D eigenvalue weighted by Crippen LogP contribution is -2.47. The van der Waals surface area contributed by atoms with Crippen molar-refractivity contribution in [3.8, 4) is 11.1 Å². The summed E-state index contributed by atoms with van der Waals surface area (Å²) in [5.74, 6) is -1.83. The Morgan fingerprint density at radius 1 is 1.27 bits per heavy atom. The topological polar surface area (TPSA) is 148 Å². The minimum atomic E-state index is -1.36. The number of nitrogens with two attached hydrogens (primary N) is 1. The molecule has 0 bridgehead atoms. The standard InChI is InChI=1S/C25H25FN8O3/c1-3-4-18(12-28-2)31-25(37)21-10-17(26)13-33(21)22(35)14-34-20-6-5-15(16-7-8-29-30-11-16)9-19(20)23(32-34)24(27)36/h3-9,11-12,17,21H,1,10,13-14H2,2H3,(H2,27,36)(H,31,37)/b18-4+,28-12?/t17-,21+/m1/s1. The van der Waals surface area contributed by atoms with E-state index in [9.17, 15) is 18.8 Å². The molecule has 2 aromatic heterocycles. The maximum absolute atomic E-state index is 14.4. The van der Waals surface area contributed by atoms with Crippen molar-refractivity contribution in [1.82, 2.24) is 30.2 Å². The summed E-state index contributed by atoms with van der Waals surface area (Å²) < 4.78 is 15.7. The molecule has 0 saturated carbocycles. The minimum absolute atomic E-state index is 0.0104. The predicted molar refractivity (Wildman–Crippen MR) is 135 cm³/mol. The fourth-order valence-electron chi connectivity index (χ4n) is 4.26. The number of benzene rings is 1. The van der Waals surface area contributed by atoms with E-state index in [1.165, 1.54) is 35.0 Å². The van der Waals surface area contributed by atoms with Crippen LogP contribution < -0.4 is 11.1 Å². The zero-order chi connectivity index (χ0) is 26.5.